The number of rotatable bonds is 9. The van der Waals surface area contributed by atoms with E-state index in [1.54, 1.807) is 11.0 Å². The summed E-state index contributed by atoms with van der Waals surface area (Å²) in [4.78, 5) is 17.4. The van der Waals surface area contributed by atoms with Gasteiger partial charge in [0.15, 0.2) is 5.78 Å². The Morgan fingerprint density at radius 2 is 2.11 bits per heavy atom. The molecule has 0 radical (unpaired) electrons. The maximum Gasteiger partial charge on any atom is 0.163 e. The van der Waals surface area contributed by atoms with Crippen molar-refractivity contribution in [3.8, 4) is 5.75 Å². The minimum Gasteiger partial charge on any atom is -0.494 e. The molecule has 1 aromatic carbocycles. The highest BCUT2D eigenvalue weighted by Gasteiger charge is 2.39. The summed E-state index contributed by atoms with van der Waals surface area (Å²) in [5.74, 6) is 1.09. The van der Waals surface area contributed by atoms with Crippen LogP contribution in [-0.4, -0.2) is 27.2 Å². The topological polar surface area (TPSA) is 57.0 Å². The van der Waals surface area contributed by atoms with Crippen LogP contribution in [0.4, 0.5) is 0 Å². The van der Waals surface area contributed by atoms with Crippen molar-refractivity contribution in [2.24, 2.45) is 5.41 Å². The molecule has 6 heteroatoms. The first kappa shape index (κ1) is 19.9. The number of carbonyl (C=O) groups is 1. The number of benzene rings is 1. The SMILES string of the molecule is CC1(C(=O)C(CCCCOc2cccc(Cl)c2)n2cncn2)CCCCC1. The van der Waals surface area contributed by atoms with E-state index in [0.29, 0.717) is 17.4 Å². The fourth-order valence-electron chi connectivity index (χ4n) is 3.93. The minimum atomic E-state index is -0.234. The number of hydrogen-bond acceptors (Lipinski definition) is 4. The van der Waals surface area contributed by atoms with Crippen molar-refractivity contribution >= 4 is 17.4 Å². The van der Waals surface area contributed by atoms with Crippen molar-refractivity contribution in [2.75, 3.05) is 6.61 Å². The number of unbranched alkanes of at least 4 members (excludes halogenated alkanes) is 1. The summed E-state index contributed by atoms with van der Waals surface area (Å²) in [6, 6.07) is 7.18. The first-order valence-electron chi connectivity index (χ1n) is 9.85. The van der Waals surface area contributed by atoms with Gasteiger partial charge in [0.1, 0.15) is 24.4 Å². The van der Waals surface area contributed by atoms with Crippen LogP contribution < -0.4 is 4.74 Å². The molecule has 5 nitrogen and oxygen atoms in total. The van der Waals surface area contributed by atoms with Crippen molar-refractivity contribution in [1.82, 2.24) is 14.8 Å². The third-order valence-corrected chi connectivity index (χ3v) is 5.78. The van der Waals surface area contributed by atoms with E-state index < -0.39 is 0 Å². The van der Waals surface area contributed by atoms with Crippen LogP contribution in [0.15, 0.2) is 36.9 Å². The predicted octanol–water partition coefficient (Wildman–Crippen LogP) is 5.26. The summed E-state index contributed by atoms with van der Waals surface area (Å²) in [5.41, 5.74) is -0.230. The second-order valence-electron chi connectivity index (χ2n) is 7.68. The summed E-state index contributed by atoms with van der Waals surface area (Å²) < 4.78 is 7.49. The molecule has 0 bridgehead atoms. The standard InChI is InChI=1S/C21H28ClN3O2/c1-21(11-4-2-5-12-21)20(26)19(25-16-23-15-24-25)10-3-6-13-27-18-9-7-8-17(22)14-18/h7-9,14-16,19H,2-6,10-13H2,1H3. The molecule has 3 rings (SSSR count). The van der Waals surface area contributed by atoms with Crippen LogP contribution in [0.5, 0.6) is 5.75 Å². The van der Waals surface area contributed by atoms with Crippen LogP contribution in [0.1, 0.15) is 64.3 Å². The van der Waals surface area contributed by atoms with Gasteiger partial charge < -0.3 is 4.74 Å². The van der Waals surface area contributed by atoms with Crippen LogP contribution in [0.2, 0.25) is 5.02 Å². The Labute approximate surface area is 166 Å². The van der Waals surface area contributed by atoms with Crippen molar-refractivity contribution < 1.29 is 9.53 Å². The minimum absolute atomic E-state index is 0.230. The van der Waals surface area contributed by atoms with E-state index in [4.69, 9.17) is 16.3 Å². The molecule has 146 valence electrons. The molecule has 1 atom stereocenters. The predicted molar refractivity (Wildman–Crippen MR) is 106 cm³/mol. The second-order valence-corrected chi connectivity index (χ2v) is 8.11. The van der Waals surface area contributed by atoms with E-state index in [1.807, 2.05) is 24.3 Å². The first-order valence-corrected chi connectivity index (χ1v) is 10.2. The number of Topliss-reactive ketones (excluding diaryl/α,β-unsaturated/α-hetero) is 1. The number of ether oxygens (including phenoxy) is 1. The molecule has 2 aromatic rings. The third kappa shape index (κ3) is 5.32. The molecule has 1 aliphatic rings. The molecule has 0 saturated heterocycles. The van der Waals surface area contributed by atoms with Gasteiger partial charge in [0.05, 0.1) is 6.61 Å². The maximum atomic E-state index is 13.3. The molecule has 0 amide bonds. The molecule has 0 spiro atoms. The maximum absolute atomic E-state index is 13.3. The normalized spacial score (nSPS) is 17.4. The van der Waals surface area contributed by atoms with E-state index in [2.05, 4.69) is 17.0 Å². The number of hydrogen-bond donors (Lipinski definition) is 0. The average molecular weight is 390 g/mol. The van der Waals surface area contributed by atoms with E-state index in [1.165, 1.54) is 12.7 Å². The zero-order valence-corrected chi connectivity index (χ0v) is 16.7. The highest BCUT2D eigenvalue weighted by Crippen LogP contribution is 2.40. The van der Waals surface area contributed by atoms with Gasteiger partial charge in [-0.25, -0.2) is 9.67 Å². The quantitative estimate of drug-likeness (QED) is 0.549. The summed E-state index contributed by atoms with van der Waals surface area (Å²) in [6.45, 7) is 2.73. The van der Waals surface area contributed by atoms with Gasteiger partial charge >= 0.3 is 0 Å². The fourth-order valence-corrected chi connectivity index (χ4v) is 4.11. The average Bonchev–Trinajstić information content (AvgIpc) is 3.19. The summed E-state index contributed by atoms with van der Waals surface area (Å²) >= 11 is 5.97. The smallest absolute Gasteiger partial charge is 0.163 e. The molecule has 0 N–H and O–H groups in total. The zero-order valence-electron chi connectivity index (χ0n) is 15.9. The van der Waals surface area contributed by atoms with Crippen molar-refractivity contribution in [3.05, 3.63) is 41.9 Å². The van der Waals surface area contributed by atoms with Gasteiger partial charge in [-0.2, -0.15) is 5.10 Å². The van der Waals surface area contributed by atoms with E-state index in [-0.39, 0.29) is 11.5 Å². The van der Waals surface area contributed by atoms with Crippen molar-refractivity contribution in [3.63, 3.8) is 0 Å². The van der Waals surface area contributed by atoms with Crippen LogP contribution >= 0.6 is 11.6 Å². The Balaban J connectivity index is 1.54. The van der Waals surface area contributed by atoms with Crippen LogP contribution in [-0.2, 0) is 4.79 Å². The molecule has 1 aliphatic carbocycles. The Kier molecular flexibility index (Phi) is 6.89. The molecule has 1 fully saturated rings. The summed E-state index contributed by atoms with van der Waals surface area (Å²) in [7, 11) is 0. The molecule has 0 aliphatic heterocycles. The highest BCUT2D eigenvalue weighted by molar-refractivity contribution is 6.30. The Morgan fingerprint density at radius 3 is 2.81 bits per heavy atom. The Hall–Kier alpha value is -1.88. The number of carbonyl (C=O) groups excluding carboxylic acids is 1. The van der Waals surface area contributed by atoms with Crippen molar-refractivity contribution in [1.29, 1.82) is 0 Å². The molecular weight excluding hydrogens is 362 g/mol. The van der Waals surface area contributed by atoms with Gasteiger partial charge in [0, 0.05) is 10.4 Å². The lowest BCUT2D eigenvalue weighted by Gasteiger charge is -2.35. The Morgan fingerprint density at radius 1 is 1.30 bits per heavy atom. The largest absolute Gasteiger partial charge is 0.494 e. The number of nitrogens with zero attached hydrogens (tertiary/aromatic N) is 3. The van der Waals surface area contributed by atoms with Gasteiger partial charge in [-0.3, -0.25) is 4.79 Å². The van der Waals surface area contributed by atoms with Gasteiger partial charge in [-0.05, 0) is 50.3 Å². The number of ketones is 1. The molecule has 1 unspecified atom stereocenters. The summed E-state index contributed by atoms with van der Waals surface area (Å²) in [6.07, 6.45) is 11.2. The monoisotopic (exact) mass is 389 g/mol. The zero-order chi connectivity index (χ0) is 19.1. The second kappa shape index (κ2) is 9.36. The summed E-state index contributed by atoms with van der Waals surface area (Å²) in [5, 5.41) is 4.93. The molecule has 1 saturated carbocycles. The third-order valence-electron chi connectivity index (χ3n) is 5.55. The lowest BCUT2D eigenvalue weighted by Crippen LogP contribution is -2.37. The van der Waals surface area contributed by atoms with Gasteiger partial charge in [-0.1, -0.05) is 43.9 Å². The van der Waals surface area contributed by atoms with E-state index in [9.17, 15) is 4.79 Å². The van der Waals surface area contributed by atoms with Crippen molar-refractivity contribution in [2.45, 2.75) is 64.3 Å². The number of aromatic nitrogens is 3. The lowest BCUT2D eigenvalue weighted by molar-refractivity contribution is -0.133. The fraction of sp³-hybridized carbons (Fsp3) is 0.571. The van der Waals surface area contributed by atoms with Crippen LogP contribution in [0, 0.1) is 5.41 Å². The molecular formula is C21H28ClN3O2. The van der Waals surface area contributed by atoms with Gasteiger partial charge in [-0.15, -0.1) is 0 Å². The molecule has 27 heavy (non-hydrogen) atoms. The van der Waals surface area contributed by atoms with Gasteiger partial charge in [0.25, 0.3) is 0 Å². The van der Waals surface area contributed by atoms with E-state index >= 15 is 0 Å². The van der Waals surface area contributed by atoms with Gasteiger partial charge in [0.2, 0.25) is 0 Å². The van der Waals surface area contributed by atoms with E-state index in [0.717, 1.165) is 50.7 Å². The highest BCUT2D eigenvalue weighted by atomic mass is 35.5. The first-order chi connectivity index (χ1) is 13.1. The molecule has 1 heterocycles. The van der Waals surface area contributed by atoms with Crippen LogP contribution in [0.3, 0.4) is 0 Å². The van der Waals surface area contributed by atoms with Crippen LogP contribution in [0.25, 0.3) is 0 Å². The lowest BCUT2D eigenvalue weighted by atomic mass is 9.70. The number of halogens is 1. The molecule has 1 aromatic heterocycles. The Bertz CT molecular complexity index is 727.